The molecule has 6 rings (SSSR count). The molecule has 1 saturated heterocycles. The number of β-amino-alcohol motifs (C(OH)–C–C–N with tert-alkyl or cyclic N) is 1. The second kappa shape index (κ2) is 13.4. The number of aromatic nitrogens is 3. The van der Waals surface area contributed by atoms with Gasteiger partial charge in [0, 0.05) is 35.7 Å². The highest BCUT2D eigenvalue weighted by molar-refractivity contribution is 7.90. The van der Waals surface area contributed by atoms with Crippen LogP contribution in [0.1, 0.15) is 52.9 Å². The molecule has 3 N–H and O–H groups in total. The number of carbonyl (C=O) groups is 2. The maximum Gasteiger partial charge on any atom is 0.411 e. The molecule has 2 aromatic heterocycles. The molecular formula is C34H39ClN6O6S. The van der Waals surface area contributed by atoms with Crippen molar-refractivity contribution in [2.45, 2.75) is 87.6 Å². The van der Waals surface area contributed by atoms with Crippen LogP contribution < -0.4 is 10.6 Å². The molecule has 254 valence electrons. The standard InChI is InChI=1S/C34H39ClN6O6S/c1-34(2,3)47-33(44)40-19-23(42)17-29(40)31(43)37-21-10-9-11-22(16-21)38-32-36-18-27(35)30(39-32)26-20-41(28-15-8-7-14-25(26)28)48(45,46)24-12-5-4-6-13-24/h4-8,12-15,18,20-23,29,42H,9-11,16-17,19H2,1-3H3,(H,37,43)(H,36,38,39)/t21-,22+,23?,29?/m0/s1. The number of nitrogens with one attached hydrogen (secondary N) is 2. The molecule has 3 heterocycles. The zero-order chi connectivity index (χ0) is 34.2. The first kappa shape index (κ1) is 33.7. The van der Waals surface area contributed by atoms with E-state index < -0.39 is 33.9 Å². The number of nitrogens with zero attached hydrogens (tertiary/aromatic N) is 4. The number of aliphatic hydroxyl groups excluding tert-OH is 1. The van der Waals surface area contributed by atoms with E-state index in [1.54, 1.807) is 63.2 Å². The Hall–Kier alpha value is -4.20. The van der Waals surface area contributed by atoms with Crippen molar-refractivity contribution in [2.75, 3.05) is 11.9 Å². The maximum absolute atomic E-state index is 13.6. The summed E-state index contributed by atoms with van der Waals surface area (Å²) in [5.41, 5.74) is 0.693. The fourth-order valence-corrected chi connectivity index (χ4v) is 7.97. The van der Waals surface area contributed by atoms with Crippen molar-refractivity contribution in [3.8, 4) is 11.3 Å². The van der Waals surface area contributed by atoms with Gasteiger partial charge in [-0.05, 0) is 64.7 Å². The van der Waals surface area contributed by atoms with E-state index in [-0.39, 0.29) is 40.9 Å². The minimum Gasteiger partial charge on any atom is -0.444 e. The van der Waals surface area contributed by atoms with Crippen molar-refractivity contribution >= 4 is 50.5 Å². The molecule has 12 nitrogen and oxygen atoms in total. The molecule has 0 radical (unpaired) electrons. The lowest BCUT2D eigenvalue weighted by Crippen LogP contribution is -2.51. The lowest BCUT2D eigenvalue weighted by atomic mass is 9.90. The molecule has 2 unspecified atom stereocenters. The van der Waals surface area contributed by atoms with Crippen LogP contribution in [0.15, 0.2) is 71.9 Å². The molecule has 2 aromatic carbocycles. The number of likely N-dealkylation sites (tertiary alicyclic amines) is 1. The van der Waals surface area contributed by atoms with Gasteiger partial charge in [0.25, 0.3) is 10.0 Å². The average Bonchev–Trinajstić information content (AvgIpc) is 3.64. The molecule has 0 bridgehead atoms. The first-order valence-electron chi connectivity index (χ1n) is 16.0. The van der Waals surface area contributed by atoms with E-state index in [4.69, 9.17) is 21.3 Å². The van der Waals surface area contributed by atoms with E-state index in [1.807, 2.05) is 12.1 Å². The monoisotopic (exact) mass is 694 g/mol. The van der Waals surface area contributed by atoms with E-state index in [0.29, 0.717) is 34.5 Å². The maximum atomic E-state index is 13.6. The summed E-state index contributed by atoms with van der Waals surface area (Å²) in [6.45, 7) is 5.30. The van der Waals surface area contributed by atoms with Crippen LogP contribution in [0.2, 0.25) is 5.02 Å². The first-order valence-corrected chi connectivity index (χ1v) is 17.8. The molecule has 4 atom stereocenters. The quantitative estimate of drug-likeness (QED) is 0.237. The topological polar surface area (TPSA) is 156 Å². The largest absolute Gasteiger partial charge is 0.444 e. The van der Waals surface area contributed by atoms with Crippen LogP contribution in [0.25, 0.3) is 22.2 Å². The van der Waals surface area contributed by atoms with Crippen molar-refractivity contribution < 1.29 is 27.9 Å². The summed E-state index contributed by atoms with van der Waals surface area (Å²) in [4.78, 5) is 36.7. The van der Waals surface area contributed by atoms with Crippen LogP contribution in [0.4, 0.5) is 10.7 Å². The number of amides is 2. The first-order chi connectivity index (χ1) is 22.8. The van der Waals surface area contributed by atoms with Gasteiger partial charge in [0.15, 0.2) is 0 Å². The number of aliphatic hydroxyl groups is 1. The summed E-state index contributed by atoms with van der Waals surface area (Å²) < 4.78 is 34.0. The van der Waals surface area contributed by atoms with E-state index in [2.05, 4.69) is 15.6 Å². The van der Waals surface area contributed by atoms with Gasteiger partial charge in [-0.15, -0.1) is 0 Å². The Bertz CT molecular complexity index is 1930. The fourth-order valence-electron chi connectivity index (χ4n) is 6.39. The third-order valence-electron chi connectivity index (χ3n) is 8.54. The summed E-state index contributed by atoms with van der Waals surface area (Å²) in [7, 11) is -3.90. The van der Waals surface area contributed by atoms with Gasteiger partial charge in [-0.2, -0.15) is 0 Å². The number of hydrogen-bond donors (Lipinski definition) is 3. The Morgan fingerprint density at radius 3 is 2.48 bits per heavy atom. The Kier molecular flexibility index (Phi) is 9.38. The minimum absolute atomic E-state index is 0.0366. The van der Waals surface area contributed by atoms with Gasteiger partial charge in [-0.3, -0.25) is 9.69 Å². The van der Waals surface area contributed by atoms with Crippen LogP contribution >= 0.6 is 11.6 Å². The van der Waals surface area contributed by atoms with Gasteiger partial charge in [0.05, 0.1) is 40.0 Å². The van der Waals surface area contributed by atoms with E-state index >= 15 is 0 Å². The molecule has 1 aliphatic heterocycles. The second-order valence-electron chi connectivity index (χ2n) is 13.3. The number of ether oxygens (including phenoxy) is 1. The summed E-state index contributed by atoms with van der Waals surface area (Å²) in [6, 6.07) is 14.3. The Labute approximate surface area is 284 Å². The summed E-state index contributed by atoms with van der Waals surface area (Å²) >= 11 is 6.62. The molecule has 1 saturated carbocycles. The molecule has 2 fully saturated rings. The zero-order valence-electron chi connectivity index (χ0n) is 27.0. The van der Waals surface area contributed by atoms with Gasteiger partial charge < -0.3 is 20.5 Å². The van der Waals surface area contributed by atoms with Crippen molar-refractivity contribution in [3.05, 3.63) is 72.0 Å². The highest BCUT2D eigenvalue weighted by atomic mass is 35.5. The van der Waals surface area contributed by atoms with Gasteiger partial charge in [0.1, 0.15) is 11.6 Å². The Morgan fingerprint density at radius 1 is 1.02 bits per heavy atom. The molecule has 0 spiro atoms. The average molecular weight is 695 g/mol. The van der Waals surface area contributed by atoms with Crippen LogP contribution in [-0.4, -0.2) is 80.7 Å². The summed E-state index contributed by atoms with van der Waals surface area (Å²) in [5.74, 6) is -0.000858. The predicted octanol–water partition coefficient (Wildman–Crippen LogP) is 5.20. The lowest BCUT2D eigenvalue weighted by Gasteiger charge is -2.32. The van der Waals surface area contributed by atoms with Crippen molar-refractivity contribution in [2.24, 2.45) is 0 Å². The number of rotatable bonds is 7. The molecule has 1 aliphatic carbocycles. The SMILES string of the molecule is CC(C)(C)OC(=O)N1CC(O)CC1C(=O)N[C@H]1CCC[C@@H](Nc2ncc(Cl)c(-c3cn(S(=O)(=O)c4ccccc4)c4ccccc34)n2)C1. The third-order valence-corrected chi connectivity index (χ3v) is 10.5. The normalized spacial score (nSPS) is 21.6. The molecule has 14 heteroatoms. The number of halogens is 1. The van der Waals surface area contributed by atoms with Crippen molar-refractivity contribution in [1.82, 2.24) is 24.2 Å². The third kappa shape index (κ3) is 7.13. The number of anilines is 1. The Morgan fingerprint density at radius 2 is 1.73 bits per heavy atom. The molecule has 2 amide bonds. The van der Waals surface area contributed by atoms with E-state index in [1.165, 1.54) is 21.3 Å². The molecule has 2 aliphatic rings. The summed E-state index contributed by atoms with van der Waals surface area (Å²) in [6.07, 6.45) is 4.73. The van der Waals surface area contributed by atoms with Gasteiger partial charge in [-0.25, -0.2) is 27.2 Å². The van der Waals surface area contributed by atoms with Crippen LogP contribution in [-0.2, 0) is 19.6 Å². The van der Waals surface area contributed by atoms with Crippen LogP contribution in [0.5, 0.6) is 0 Å². The molecule has 48 heavy (non-hydrogen) atoms. The van der Waals surface area contributed by atoms with E-state index in [0.717, 1.165) is 19.3 Å². The molecular weight excluding hydrogens is 656 g/mol. The highest BCUT2D eigenvalue weighted by Crippen LogP contribution is 2.36. The number of para-hydroxylation sites is 1. The highest BCUT2D eigenvalue weighted by Gasteiger charge is 2.41. The number of fused-ring (bicyclic) bond motifs is 1. The minimum atomic E-state index is -3.90. The van der Waals surface area contributed by atoms with E-state index in [9.17, 15) is 23.1 Å². The number of benzene rings is 2. The fraction of sp³-hybridized carbons (Fsp3) is 0.412. The number of carbonyl (C=O) groups excluding carboxylic acids is 2. The van der Waals surface area contributed by atoms with Gasteiger partial charge in [0.2, 0.25) is 11.9 Å². The van der Waals surface area contributed by atoms with Gasteiger partial charge >= 0.3 is 6.09 Å². The lowest BCUT2D eigenvalue weighted by molar-refractivity contribution is -0.126. The number of hydrogen-bond acceptors (Lipinski definition) is 9. The Balaban J connectivity index is 1.19. The second-order valence-corrected chi connectivity index (χ2v) is 15.5. The van der Waals surface area contributed by atoms with Crippen molar-refractivity contribution in [3.63, 3.8) is 0 Å². The van der Waals surface area contributed by atoms with Crippen LogP contribution in [0.3, 0.4) is 0 Å². The summed E-state index contributed by atoms with van der Waals surface area (Å²) in [5, 5.41) is 17.7. The smallest absolute Gasteiger partial charge is 0.411 e. The van der Waals surface area contributed by atoms with Gasteiger partial charge in [-0.1, -0.05) is 48.0 Å². The predicted molar refractivity (Wildman–Crippen MR) is 182 cm³/mol. The molecule has 4 aromatic rings. The van der Waals surface area contributed by atoms with Crippen LogP contribution in [0, 0.1) is 0 Å². The zero-order valence-corrected chi connectivity index (χ0v) is 28.5. The van der Waals surface area contributed by atoms with Crippen molar-refractivity contribution in [1.29, 1.82) is 0 Å².